The Kier molecular flexibility index (Phi) is 2.39. The van der Waals surface area contributed by atoms with Gasteiger partial charge in [0.2, 0.25) is 0 Å². The van der Waals surface area contributed by atoms with Gasteiger partial charge in [0.25, 0.3) is 0 Å². The molecule has 0 aromatic carbocycles. The molecular weight excluding hydrogens is 188 g/mol. The molecule has 0 fully saturated rings. The number of rotatable bonds is 2. The zero-order valence-electron chi connectivity index (χ0n) is 9.61. The van der Waals surface area contributed by atoms with Crippen molar-refractivity contribution in [1.29, 1.82) is 0 Å². The highest BCUT2D eigenvalue weighted by Gasteiger charge is 2.10. The van der Waals surface area contributed by atoms with Gasteiger partial charge < -0.3 is 4.74 Å². The number of methoxy groups -OCH3 is 1. The van der Waals surface area contributed by atoms with Crippen LogP contribution in [0.2, 0.25) is 0 Å². The SMILES string of the molecule is COc1ccc2c(C(C)C)cnn2c1C. The van der Waals surface area contributed by atoms with E-state index in [1.165, 1.54) is 11.1 Å². The maximum absolute atomic E-state index is 5.26. The van der Waals surface area contributed by atoms with Crippen molar-refractivity contribution in [2.45, 2.75) is 26.7 Å². The van der Waals surface area contributed by atoms with E-state index in [9.17, 15) is 0 Å². The fourth-order valence-corrected chi connectivity index (χ4v) is 1.84. The van der Waals surface area contributed by atoms with E-state index in [0.717, 1.165) is 11.4 Å². The first-order chi connectivity index (χ1) is 7.15. The summed E-state index contributed by atoms with van der Waals surface area (Å²) in [6, 6.07) is 4.06. The van der Waals surface area contributed by atoms with Gasteiger partial charge in [-0.1, -0.05) is 13.8 Å². The first-order valence-corrected chi connectivity index (χ1v) is 5.16. The van der Waals surface area contributed by atoms with Crippen molar-refractivity contribution in [2.24, 2.45) is 0 Å². The topological polar surface area (TPSA) is 26.5 Å². The molecule has 3 nitrogen and oxygen atoms in total. The second-order valence-electron chi connectivity index (χ2n) is 4.04. The van der Waals surface area contributed by atoms with Crippen LogP contribution in [0.4, 0.5) is 0 Å². The zero-order valence-corrected chi connectivity index (χ0v) is 9.61. The van der Waals surface area contributed by atoms with Gasteiger partial charge in [-0.3, -0.25) is 0 Å². The molecule has 0 saturated carbocycles. The number of nitrogens with zero attached hydrogens (tertiary/aromatic N) is 2. The van der Waals surface area contributed by atoms with Gasteiger partial charge in [0.05, 0.1) is 24.5 Å². The van der Waals surface area contributed by atoms with Crippen molar-refractivity contribution in [2.75, 3.05) is 7.11 Å². The molecule has 0 atom stereocenters. The third-order valence-corrected chi connectivity index (χ3v) is 2.75. The summed E-state index contributed by atoms with van der Waals surface area (Å²) in [5, 5.41) is 4.38. The smallest absolute Gasteiger partial charge is 0.140 e. The predicted octanol–water partition coefficient (Wildman–Crippen LogP) is 2.77. The number of hydrogen-bond acceptors (Lipinski definition) is 2. The lowest BCUT2D eigenvalue weighted by molar-refractivity contribution is 0.407. The van der Waals surface area contributed by atoms with E-state index in [2.05, 4.69) is 25.0 Å². The van der Waals surface area contributed by atoms with Crippen LogP contribution in [0.5, 0.6) is 5.75 Å². The maximum atomic E-state index is 5.26. The molecule has 0 spiro atoms. The van der Waals surface area contributed by atoms with Crippen LogP contribution < -0.4 is 4.74 Å². The quantitative estimate of drug-likeness (QED) is 0.752. The lowest BCUT2D eigenvalue weighted by Gasteiger charge is -2.07. The number of pyridine rings is 1. The molecule has 0 aliphatic rings. The highest BCUT2D eigenvalue weighted by molar-refractivity contribution is 5.57. The Bertz CT molecular complexity index is 486. The van der Waals surface area contributed by atoms with Crippen molar-refractivity contribution in [3.05, 3.63) is 29.6 Å². The molecular formula is C12H16N2O. The third-order valence-electron chi connectivity index (χ3n) is 2.75. The minimum Gasteiger partial charge on any atom is -0.495 e. The van der Waals surface area contributed by atoms with Crippen molar-refractivity contribution in [3.8, 4) is 5.75 Å². The number of ether oxygens (including phenoxy) is 1. The van der Waals surface area contributed by atoms with E-state index in [1.807, 2.05) is 23.7 Å². The third kappa shape index (κ3) is 1.48. The largest absolute Gasteiger partial charge is 0.495 e. The standard InChI is InChI=1S/C12H16N2O/c1-8(2)10-7-13-14-9(3)12(15-4)6-5-11(10)14/h5-8H,1-4H3. The molecule has 2 heterocycles. The summed E-state index contributed by atoms with van der Waals surface area (Å²) < 4.78 is 7.20. The van der Waals surface area contributed by atoms with Crippen LogP contribution >= 0.6 is 0 Å². The summed E-state index contributed by atoms with van der Waals surface area (Å²) in [7, 11) is 1.68. The molecule has 0 aliphatic heterocycles. The second kappa shape index (κ2) is 3.57. The van der Waals surface area contributed by atoms with Crippen molar-refractivity contribution < 1.29 is 4.74 Å². The van der Waals surface area contributed by atoms with E-state index in [1.54, 1.807) is 7.11 Å². The second-order valence-corrected chi connectivity index (χ2v) is 4.04. The Balaban J connectivity index is 2.70. The average Bonchev–Trinajstić information content (AvgIpc) is 2.62. The summed E-state index contributed by atoms with van der Waals surface area (Å²) in [6.07, 6.45) is 1.94. The Morgan fingerprint density at radius 1 is 1.33 bits per heavy atom. The highest BCUT2D eigenvalue weighted by atomic mass is 16.5. The monoisotopic (exact) mass is 204 g/mol. The predicted molar refractivity (Wildman–Crippen MR) is 60.6 cm³/mol. The number of hydrogen-bond donors (Lipinski definition) is 0. The van der Waals surface area contributed by atoms with Gasteiger partial charge in [-0.15, -0.1) is 0 Å². The minimum atomic E-state index is 0.496. The Hall–Kier alpha value is -1.51. The minimum absolute atomic E-state index is 0.496. The molecule has 0 N–H and O–H groups in total. The van der Waals surface area contributed by atoms with Gasteiger partial charge in [-0.2, -0.15) is 5.10 Å². The molecule has 0 radical (unpaired) electrons. The fraction of sp³-hybridized carbons (Fsp3) is 0.417. The molecule has 15 heavy (non-hydrogen) atoms. The van der Waals surface area contributed by atoms with E-state index >= 15 is 0 Å². The van der Waals surface area contributed by atoms with Crippen LogP contribution in [0.25, 0.3) is 5.52 Å². The van der Waals surface area contributed by atoms with Crippen molar-refractivity contribution in [3.63, 3.8) is 0 Å². The van der Waals surface area contributed by atoms with Crippen LogP contribution in [-0.4, -0.2) is 16.7 Å². The Morgan fingerprint density at radius 3 is 2.67 bits per heavy atom. The van der Waals surface area contributed by atoms with Crippen molar-refractivity contribution >= 4 is 5.52 Å². The Labute approximate surface area is 89.7 Å². The van der Waals surface area contributed by atoms with E-state index in [0.29, 0.717) is 5.92 Å². The molecule has 0 saturated heterocycles. The normalized spacial score (nSPS) is 11.3. The summed E-state index contributed by atoms with van der Waals surface area (Å²) in [5.41, 5.74) is 3.49. The van der Waals surface area contributed by atoms with Gasteiger partial charge in [0.1, 0.15) is 5.75 Å². The van der Waals surface area contributed by atoms with Gasteiger partial charge in [0.15, 0.2) is 0 Å². The summed E-state index contributed by atoms with van der Waals surface area (Å²) in [6.45, 7) is 6.37. The summed E-state index contributed by atoms with van der Waals surface area (Å²) in [5.74, 6) is 1.37. The molecule has 2 rings (SSSR count). The molecule has 0 aliphatic carbocycles. The lowest BCUT2D eigenvalue weighted by Crippen LogP contribution is -1.97. The molecule has 0 unspecified atom stereocenters. The van der Waals surface area contributed by atoms with Crippen LogP contribution in [0.3, 0.4) is 0 Å². The first kappa shape index (κ1) is 10.0. The van der Waals surface area contributed by atoms with Crippen LogP contribution in [0, 0.1) is 6.92 Å². The van der Waals surface area contributed by atoms with Gasteiger partial charge >= 0.3 is 0 Å². The molecule has 0 bridgehead atoms. The first-order valence-electron chi connectivity index (χ1n) is 5.16. The molecule has 0 amide bonds. The van der Waals surface area contributed by atoms with Crippen LogP contribution in [0.1, 0.15) is 31.0 Å². The van der Waals surface area contributed by atoms with Crippen LogP contribution in [0.15, 0.2) is 18.3 Å². The van der Waals surface area contributed by atoms with Gasteiger partial charge in [-0.05, 0) is 25.0 Å². The van der Waals surface area contributed by atoms with Gasteiger partial charge in [0, 0.05) is 5.56 Å². The number of aromatic nitrogens is 2. The average molecular weight is 204 g/mol. The van der Waals surface area contributed by atoms with E-state index < -0.39 is 0 Å². The molecule has 2 aromatic heterocycles. The Morgan fingerprint density at radius 2 is 2.07 bits per heavy atom. The van der Waals surface area contributed by atoms with E-state index in [4.69, 9.17) is 4.74 Å². The molecule has 3 heteroatoms. The lowest BCUT2D eigenvalue weighted by atomic mass is 10.1. The number of aryl methyl sites for hydroxylation is 1. The maximum Gasteiger partial charge on any atom is 0.140 e. The van der Waals surface area contributed by atoms with Crippen molar-refractivity contribution in [1.82, 2.24) is 9.61 Å². The fourth-order valence-electron chi connectivity index (χ4n) is 1.84. The summed E-state index contributed by atoms with van der Waals surface area (Å²) in [4.78, 5) is 0. The highest BCUT2D eigenvalue weighted by Crippen LogP contribution is 2.25. The van der Waals surface area contributed by atoms with Crippen LogP contribution in [-0.2, 0) is 0 Å². The van der Waals surface area contributed by atoms with Gasteiger partial charge in [-0.25, -0.2) is 4.52 Å². The molecule has 80 valence electrons. The zero-order chi connectivity index (χ0) is 11.0. The summed E-state index contributed by atoms with van der Waals surface area (Å²) >= 11 is 0. The number of fused-ring (bicyclic) bond motifs is 1. The van der Waals surface area contributed by atoms with E-state index in [-0.39, 0.29) is 0 Å². The molecule has 2 aromatic rings.